The molecule has 1 atom stereocenters. The summed E-state index contributed by atoms with van der Waals surface area (Å²) in [5.41, 5.74) is 1.72. The molecule has 0 bridgehead atoms. The third kappa shape index (κ3) is 3.85. The Morgan fingerprint density at radius 3 is 2.69 bits per heavy atom. The molecule has 2 aliphatic heterocycles. The molecule has 7 nitrogen and oxygen atoms in total. The number of esters is 1. The number of fused-ring (bicyclic) bond motifs is 1. The standard InChI is InChI=1S/C18H24N2O5S/c1-13-5-3-4-9-19(13)17(21)12-25-18(22)15-6-7-16-14(11-15)8-10-20(16)26(2,23)24/h6-7,11,13H,3-5,8-10,12H2,1-2H3/t13-/m0/s1. The number of nitrogens with zero attached hydrogens (tertiary/aromatic N) is 2. The maximum atomic E-state index is 12.3. The average molecular weight is 380 g/mol. The molecule has 8 heteroatoms. The maximum Gasteiger partial charge on any atom is 0.338 e. The average Bonchev–Trinajstić information content (AvgIpc) is 3.03. The lowest BCUT2D eigenvalue weighted by molar-refractivity contribution is -0.137. The third-order valence-corrected chi connectivity index (χ3v) is 6.20. The summed E-state index contributed by atoms with van der Waals surface area (Å²) < 4.78 is 30.0. The van der Waals surface area contributed by atoms with Crippen molar-refractivity contribution in [1.29, 1.82) is 0 Å². The minimum atomic E-state index is -3.32. The smallest absolute Gasteiger partial charge is 0.338 e. The van der Waals surface area contributed by atoms with Gasteiger partial charge in [-0.15, -0.1) is 0 Å². The van der Waals surface area contributed by atoms with Crippen LogP contribution in [0.25, 0.3) is 0 Å². The van der Waals surface area contributed by atoms with E-state index in [2.05, 4.69) is 0 Å². The van der Waals surface area contributed by atoms with Crippen LogP contribution in [0.15, 0.2) is 18.2 Å². The molecule has 0 saturated carbocycles. The van der Waals surface area contributed by atoms with Crippen molar-refractivity contribution in [3.63, 3.8) is 0 Å². The molecule has 3 rings (SSSR count). The van der Waals surface area contributed by atoms with Gasteiger partial charge in [0, 0.05) is 19.1 Å². The molecule has 142 valence electrons. The third-order valence-electron chi connectivity index (χ3n) is 5.02. The van der Waals surface area contributed by atoms with Crippen LogP contribution in [-0.4, -0.2) is 57.2 Å². The summed E-state index contributed by atoms with van der Waals surface area (Å²) in [5.74, 6) is -0.737. The predicted octanol–water partition coefficient (Wildman–Crippen LogP) is 1.57. The van der Waals surface area contributed by atoms with Crippen LogP contribution in [0, 0.1) is 0 Å². The van der Waals surface area contributed by atoms with Gasteiger partial charge in [-0.1, -0.05) is 0 Å². The quantitative estimate of drug-likeness (QED) is 0.741. The van der Waals surface area contributed by atoms with Crippen molar-refractivity contribution in [3.8, 4) is 0 Å². The van der Waals surface area contributed by atoms with Gasteiger partial charge in [-0.05, 0) is 56.4 Å². The van der Waals surface area contributed by atoms with Gasteiger partial charge in [0.1, 0.15) is 0 Å². The fourth-order valence-corrected chi connectivity index (χ4v) is 4.56. The van der Waals surface area contributed by atoms with E-state index in [9.17, 15) is 18.0 Å². The highest BCUT2D eigenvalue weighted by molar-refractivity contribution is 7.92. The molecule has 0 N–H and O–H groups in total. The summed E-state index contributed by atoms with van der Waals surface area (Å²) in [6.07, 6.45) is 4.78. The minimum Gasteiger partial charge on any atom is -0.452 e. The van der Waals surface area contributed by atoms with Gasteiger partial charge in [0.2, 0.25) is 10.0 Å². The molecule has 1 saturated heterocycles. The van der Waals surface area contributed by atoms with E-state index in [4.69, 9.17) is 4.74 Å². The van der Waals surface area contributed by atoms with E-state index >= 15 is 0 Å². The Labute approximate surface area is 154 Å². The van der Waals surface area contributed by atoms with Gasteiger partial charge in [-0.2, -0.15) is 0 Å². The summed E-state index contributed by atoms with van der Waals surface area (Å²) in [6, 6.07) is 4.99. The lowest BCUT2D eigenvalue weighted by Crippen LogP contribution is -2.44. The van der Waals surface area contributed by atoms with Crippen LogP contribution in [-0.2, 0) is 26.0 Å². The lowest BCUT2D eigenvalue weighted by Gasteiger charge is -2.33. The normalized spacial score (nSPS) is 20.0. The predicted molar refractivity (Wildman–Crippen MR) is 97.6 cm³/mol. The number of rotatable bonds is 4. The number of amides is 1. The topological polar surface area (TPSA) is 84.0 Å². The Bertz CT molecular complexity index is 821. The monoisotopic (exact) mass is 380 g/mol. The lowest BCUT2D eigenvalue weighted by atomic mass is 10.0. The Kier molecular flexibility index (Phi) is 5.22. The van der Waals surface area contributed by atoms with Crippen LogP contribution in [0.2, 0.25) is 0 Å². The molecule has 26 heavy (non-hydrogen) atoms. The van der Waals surface area contributed by atoms with Crippen LogP contribution in [0.5, 0.6) is 0 Å². The summed E-state index contributed by atoms with van der Waals surface area (Å²) in [7, 11) is -3.32. The minimum absolute atomic E-state index is 0.171. The van der Waals surface area contributed by atoms with E-state index in [0.717, 1.165) is 31.1 Å². The second kappa shape index (κ2) is 7.26. The van der Waals surface area contributed by atoms with Crippen LogP contribution >= 0.6 is 0 Å². The number of anilines is 1. The van der Waals surface area contributed by atoms with Crippen molar-refractivity contribution in [2.75, 3.05) is 30.3 Å². The maximum absolute atomic E-state index is 12.3. The molecule has 0 aromatic heterocycles. The molecule has 0 aliphatic carbocycles. The SMILES string of the molecule is C[C@H]1CCCCN1C(=O)COC(=O)c1ccc2c(c1)CCN2S(C)(=O)=O. The van der Waals surface area contributed by atoms with Gasteiger partial charge in [0.25, 0.3) is 5.91 Å². The fourth-order valence-electron chi connectivity index (χ4n) is 3.61. The van der Waals surface area contributed by atoms with Crippen molar-refractivity contribution in [3.05, 3.63) is 29.3 Å². The number of benzene rings is 1. The van der Waals surface area contributed by atoms with Crippen molar-refractivity contribution >= 4 is 27.6 Å². The van der Waals surface area contributed by atoms with Crippen molar-refractivity contribution in [2.24, 2.45) is 0 Å². The summed E-state index contributed by atoms with van der Waals surface area (Å²) in [4.78, 5) is 26.3. The summed E-state index contributed by atoms with van der Waals surface area (Å²) in [5, 5.41) is 0. The van der Waals surface area contributed by atoms with Gasteiger partial charge < -0.3 is 9.64 Å². The number of ether oxygens (including phenoxy) is 1. The van der Waals surface area contributed by atoms with Crippen LogP contribution in [0.4, 0.5) is 5.69 Å². The molecule has 2 aliphatic rings. The molecular weight excluding hydrogens is 356 g/mol. The second-order valence-electron chi connectivity index (χ2n) is 6.94. The number of likely N-dealkylation sites (tertiary alicyclic amines) is 1. The molecule has 0 radical (unpaired) electrons. The first-order chi connectivity index (χ1) is 12.3. The number of carbonyl (C=O) groups is 2. The Morgan fingerprint density at radius 1 is 1.23 bits per heavy atom. The molecule has 2 heterocycles. The number of piperidine rings is 1. The fraction of sp³-hybridized carbons (Fsp3) is 0.556. The van der Waals surface area contributed by atoms with Crippen molar-refractivity contribution in [1.82, 2.24) is 4.90 Å². The number of hydrogen-bond acceptors (Lipinski definition) is 5. The summed E-state index contributed by atoms with van der Waals surface area (Å²) in [6.45, 7) is 2.82. The summed E-state index contributed by atoms with van der Waals surface area (Å²) >= 11 is 0. The number of sulfonamides is 1. The molecule has 1 aromatic rings. The molecule has 0 unspecified atom stereocenters. The van der Waals surface area contributed by atoms with E-state index in [1.54, 1.807) is 23.1 Å². The highest BCUT2D eigenvalue weighted by Crippen LogP contribution is 2.30. The first kappa shape index (κ1) is 18.7. The van der Waals surface area contributed by atoms with E-state index in [0.29, 0.717) is 30.8 Å². The Balaban J connectivity index is 1.63. The van der Waals surface area contributed by atoms with Gasteiger partial charge in [-0.3, -0.25) is 9.10 Å². The highest BCUT2D eigenvalue weighted by Gasteiger charge is 2.28. The first-order valence-corrected chi connectivity index (χ1v) is 10.7. The van der Waals surface area contributed by atoms with Crippen LogP contribution in [0.1, 0.15) is 42.1 Å². The second-order valence-corrected chi connectivity index (χ2v) is 8.84. The molecule has 1 fully saturated rings. The molecule has 1 aromatic carbocycles. The van der Waals surface area contributed by atoms with Gasteiger partial charge in [-0.25, -0.2) is 13.2 Å². The molecule has 1 amide bonds. The van der Waals surface area contributed by atoms with Crippen LogP contribution < -0.4 is 4.31 Å². The molecule has 0 spiro atoms. The van der Waals surface area contributed by atoms with Gasteiger partial charge in [0.05, 0.1) is 17.5 Å². The number of carbonyl (C=O) groups excluding carboxylic acids is 2. The van der Waals surface area contributed by atoms with Crippen molar-refractivity contribution < 1.29 is 22.7 Å². The van der Waals surface area contributed by atoms with Crippen LogP contribution in [0.3, 0.4) is 0 Å². The Morgan fingerprint density at radius 2 is 2.00 bits per heavy atom. The first-order valence-electron chi connectivity index (χ1n) is 8.84. The largest absolute Gasteiger partial charge is 0.452 e. The van der Waals surface area contributed by atoms with Gasteiger partial charge >= 0.3 is 5.97 Å². The zero-order chi connectivity index (χ0) is 18.9. The van der Waals surface area contributed by atoms with E-state index in [1.165, 1.54) is 4.31 Å². The molecular formula is C18H24N2O5S. The Hall–Kier alpha value is -2.09. The van der Waals surface area contributed by atoms with Crippen molar-refractivity contribution in [2.45, 2.75) is 38.6 Å². The van der Waals surface area contributed by atoms with E-state index in [-0.39, 0.29) is 18.6 Å². The van der Waals surface area contributed by atoms with Gasteiger partial charge in [0.15, 0.2) is 6.61 Å². The highest BCUT2D eigenvalue weighted by atomic mass is 32.2. The van der Waals surface area contributed by atoms with E-state index in [1.807, 2.05) is 6.92 Å². The van der Waals surface area contributed by atoms with E-state index < -0.39 is 16.0 Å². The zero-order valence-corrected chi connectivity index (χ0v) is 15.9. The zero-order valence-electron chi connectivity index (χ0n) is 15.1. The number of hydrogen-bond donors (Lipinski definition) is 0.